The van der Waals surface area contributed by atoms with E-state index in [4.69, 9.17) is 0 Å². The lowest BCUT2D eigenvalue weighted by Crippen LogP contribution is -1.88. The molecule has 5 aromatic rings. The van der Waals surface area contributed by atoms with Crippen LogP contribution in [0.5, 0.6) is 0 Å². The summed E-state index contributed by atoms with van der Waals surface area (Å²) in [6.45, 7) is 2.12. The van der Waals surface area contributed by atoms with E-state index in [1.165, 1.54) is 50.1 Å². The van der Waals surface area contributed by atoms with Gasteiger partial charge in [-0.15, -0.1) is 0 Å². The van der Waals surface area contributed by atoms with E-state index in [0.29, 0.717) is 0 Å². The Labute approximate surface area is 184 Å². The van der Waals surface area contributed by atoms with E-state index in [0.717, 1.165) is 0 Å². The third kappa shape index (κ3) is 4.06. The van der Waals surface area contributed by atoms with Crippen LogP contribution in [0.3, 0.4) is 0 Å². The van der Waals surface area contributed by atoms with Crippen molar-refractivity contribution in [2.45, 2.75) is 6.92 Å². The molecule has 0 aliphatic heterocycles. The van der Waals surface area contributed by atoms with Crippen LogP contribution >= 0.6 is 0 Å². The van der Waals surface area contributed by atoms with E-state index in [-0.39, 0.29) is 0 Å². The van der Waals surface area contributed by atoms with Crippen molar-refractivity contribution >= 4 is 0 Å². The molecule has 0 saturated heterocycles. The molecular weight excluding hydrogens is 372 g/mol. The molecule has 0 unspecified atom stereocenters. The van der Waals surface area contributed by atoms with Crippen LogP contribution in [-0.4, -0.2) is 0 Å². The molecule has 148 valence electrons. The van der Waals surface area contributed by atoms with E-state index in [2.05, 4.69) is 134 Å². The average Bonchev–Trinajstić information content (AvgIpc) is 2.85. The van der Waals surface area contributed by atoms with Gasteiger partial charge in [0.25, 0.3) is 0 Å². The van der Waals surface area contributed by atoms with E-state index < -0.39 is 0 Å². The first-order chi connectivity index (χ1) is 15.3. The predicted molar refractivity (Wildman–Crippen MR) is 133 cm³/mol. The van der Waals surface area contributed by atoms with E-state index in [1.807, 2.05) is 0 Å². The second-order valence-electron chi connectivity index (χ2n) is 7.94. The average molecular weight is 397 g/mol. The fraction of sp³-hybridized carbons (Fsp3) is 0.0323. The molecule has 31 heavy (non-hydrogen) atoms. The van der Waals surface area contributed by atoms with Crippen LogP contribution in [0.4, 0.5) is 0 Å². The molecule has 0 fully saturated rings. The Morgan fingerprint density at radius 2 is 0.742 bits per heavy atom. The van der Waals surface area contributed by atoms with Gasteiger partial charge in [-0.3, -0.25) is 0 Å². The second-order valence-corrected chi connectivity index (χ2v) is 7.94. The van der Waals surface area contributed by atoms with Crippen LogP contribution in [0.25, 0.3) is 44.5 Å². The molecule has 0 aliphatic carbocycles. The van der Waals surface area contributed by atoms with Crippen molar-refractivity contribution in [3.63, 3.8) is 0 Å². The van der Waals surface area contributed by atoms with Crippen molar-refractivity contribution in [2.24, 2.45) is 0 Å². The molecule has 0 aliphatic rings. The molecule has 5 aromatic carbocycles. The van der Waals surface area contributed by atoms with Gasteiger partial charge in [0.1, 0.15) is 0 Å². The van der Waals surface area contributed by atoms with Gasteiger partial charge in [0.2, 0.25) is 0 Å². The van der Waals surface area contributed by atoms with E-state index >= 15 is 0 Å². The minimum absolute atomic E-state index is 1.23. The highest BCUT2D eigenvalue weighted by molar-refractivity contribution is 5.87. The zero-order chi connectivity index (χ0) is 21.0. The molecule has 5 rings (SSSR count). The maximum absolute atomic E-state index is 2.31. The largest absolute Gasteiger partial charge is 0.0622 e. The molecule has 0 amide bonds. The van der Waals surface area contributed by atoms with Gasteiger partial charge >= 0.3 is 0 Å². The van der Waals surface area contributed by atoms with Crippen LogP contribution < -0.4 is 0 Å². The third-order valence-corrected chi connectivity index (χ3v) is 5.79. The number of rotatable bonds is 4. The summed E-state index contributed by atoms with van der Waals surface area (Å²) >= 11 is 0. The van der Waals surface area contributed by atoms with Gasteiger partial charge in [-0.1, -0.05) is 127 Å². The van der Waals surface area contributed by atoms with Gasteiger partial charge in [-0.25, -0.2) is 0 Å². The van der Waals surface area contributed by atoms with Gasteiger partial charge in [0.05, 0.1) is 0 Å². The molecule has 0 saturated carbocycles. The van der Waals surface area contributed by atoms with Gasteiger partial charge < -0.3 is 0 Å². The SMILES string of the molecule is Cc1ccc(-c2ccc(-c3ccc(-c4ccccc4)cc3-c3ccccc3)cc2)cc1. The van der Waals surface area contributed by atoms with Crippen molar-refractivity contribution in [2.75, 3.05) is 0 Å². The summed E-state index contributed by atoms with van der Waals surface area (Å²) in [5.41, 5.74) is 11.2. The number of hydrogen-bond donors (Lipinski definition) is 0. The number of hydrogen-bond acceptors (Lipinski definition) is 0. The maximum atomic E-state index is 2.31. The Kier molecular flexibility index (Phi) is 5.21. The van der Waals surface area contributed by atoms with Crippen LogP contribution in [0.15, 0.2) is 127 Å². The van der Waals surface area contributed by atoms with Crippen LogP contribution in [0.1, 0.15) is 5.56 Å². The number of benzene rings is 5. The zero-order valence-corrected chi connectivity index (χ0v) is 17.6. The molecule has 0 bridgehead atoms. The van der Waals surface area contributed by atoms with Crippen molar-refractivity contribution in [1.82, 2.24) is 0 Å². The quantitative estimate of drug-likeness (QED) is 0.285. The first kappa shape index (κ1) is 19.1. The zero-order valence-electron chi connectivity index (χ0n) is 17.6. The van der Waals surface area contributed by atoms with Gasteiger partial charge in [-0.2, -0.15) is 0 Å². The van der Waals surface area contributed by atoms with Crippen LogP contribution in [0, 0.1) is 6.92 Å². The molecule has 0 heteroatoms. The summed E-state index contributed by atoms with van der Waals surface area (Å²) in [4.78, 5) is 0. The van der Waals surface area contributed by atoms with Crippen molar-refractivity contribution < 1.29 is 0 Å². The second kappa shape index (κ2) is 8.45. The highest BCUT2D eigenvalue weighted by atomic mass is 14.1. The summed E-state index contributed by atoms with van der Waals surface area (Å²) in [5.74, 6) is 0. The summed E-state index contributed by atoms with van der Waals surface area (Å²) in [5, 5.41) is 0. The van der Waals surface area contributed by atoms with Gasteiger partial charge in [0.15, 0.2) is 0 Å². The Balaban J connectivity index is 1.59. The first-order valence-corrected chi connectivity index (χ1v) is 10.7. The Bertz CT molecular complexity index is 1280. The first-order valence-electron chi connectivity index (χ1n) is 10.7. The maximum Gasteiger partial charge on any atom is -0.00992 e. The molecule has 0 heterocycles. The summed E-state index contributed by atoms with van der Waals surface area (Å²) in [6.07, 6.45) is 0. The summed E-state index contributed by atoms with van der Waals surface area (Å²) in [6, 6.07) is 45.7. The van der Waals surface area contributed by atoms with Crippen LogP contribution in [-0.2, 0) is 0 Å². The summed E-state index contributed by atoms with van der Waals surface area (Å²) in [7, 11) is 0. The van der Waals surface area contributed by atoms with Crippen molar-refractivity contribution in [1.29, 1.82) is 0 Å². The number of aryl methyl sites for hydroxylation is 1. The Morgan fingerprint density at radius 1 is 0.323 bits per heavy atom. The topological polar surface area (TPSA) is 0 Å². The summed E-state index contributed by atoms with van der Waals surface area (Å²) < 4.78 is 0. The lowest BCUT2D eigenvalue weighted by molar-refractivity contribution is 1.47. The van der Waals surface area contributed by atoms with Gasteiger partial charge in [-0.05, 0) is 57.5 Å². The Hall–Kier alpha value is -3.90. The van der Waals surface area contributed by atoms with Crippen molar-refractivity contribution in [3.8, 4) is 44.5 Å². The Morgan fingerprint density at radius 3 is 1.35 bits per heavy atom. The van der Waals surface area contributed by atoms with Crippen LogP contribution in [0.2, 0.25) is 0 Å². The molecule has 0 nitrogen and oxygen atoms in total. The lowest BCUT2D eigenvalue weighted by atomic mass is 9.90. The fourth-order valence-corrected chi connectivity index (χ4v) is 4.05. The monoisotopic (exact) mass is 396 g/mol. The standard InChI is InChI=1S/C31H24/c1-23-12-14-25(15-13-23)26-16-18-28(19-17-26)30-21-20-29(24-8-4-2-5-9-24)22-31(30)27-10-6-3-7-11-27/h2-22H,1H3. The third-order valence-electron chi connectivity index (χ3n) is 5.79. The van der Waals surface area contributed by atoms with E-state index in [1.54, 1.807) is 0 Å². The predicted octanol–water partition coefficient (Wildman–Crippen LogP) is 8.66. The smallest absolute Gasteiger partial charge is 0.00992 e. The van der Waals surface area contributed by atoms with E-state index in [9.17, 15) is 0 Å². The minimum Gasteiger partial charge on any atom is -0.0622 e. The fourth-order valence-electron chi connectivity index (χ4n) is 4.05. The van der Waals surface area contributed by atoms with Gasteiger partial charge in [0, 0.05) is 0 Å². The molecule has 0 N–H and O–H groups in total. The normalized spacial score (nSPS) is 10.7. The van der Waals surface area contributed by atoms with Crippen molar-refractivity contribution in [3.05, 3.63) is 133 Å². The molecule has 0 radical (unpaired) electrons. The molecular formula is C31H24. The minimum atomic E-state index is 1.23. The molecule has 0 spiro atoms. The highest BCUT2D eigenvalue weighted by Crippen LogP contribution is 2.36. The molecule has 0 atom stereocenters. The molecule has 0 aromatic heterocycles. The lowest BCUT2D eigenvalue weighted by Gasteiger charge is -2.14. The highest BCUT2D eigenvalue weighted by Gasteiger charge is 2.10.